The van der Waals surface area contributed by atoms with Gasteiger partial charge in [0.05, 0.1) is 0 Å². The van der Waals surface area contributed by atoms with Crippen molar-refractivity contribution in [2.45, 2.75) is 19.3 Å². The molecule has 1 amide bonds. The summed E-state index contributed by atoms with van der Waals surface area (Å²) in [6.07, 6.45) is 4.21. The van der Waals surface area contributed by atoms with Gasteiger partial charge >= 0.3 is 0 Å². The molecule has 2 heterocycles. The van der Waals surface area contributed by atoms with Crippen LogP contribution < -0.4 is 10.2 Å². The van der Waals surface area contributed by atoms with E-state index in [0.29, 0.717) is 6.42 Å². The van der Waals surface area contributed by atoms with Crippen LogP contribution in [0, 0.1) is 0 Å². The number of amides is 1. The van der Waals surface area contributed by atoms with E-state index in [1.54, 1.807) is 6.33 Å². The Balaban J connectivity index is 1.73. The van der Waals surface area contributed by atoms with Crippen molar-refractivity contribution in [2.24, 2.45) is 0 Å². The summed E-state index contributed by atoms with van der Waals surface area (Å²) in [4.78, 5) is 23.7. The van der Waals surface area contributed by atoms with Crippen LogP contribution in [0.3, 0.4) is 0 Å². The first-order valence-corrected chi connectivity index (χ1v) is 6.68. The topological polar surface area (TPSA) is 61.4 Å². The van der Waals surface area contributed by atoms with Crippen molar-refractivity contribution in [2.75, 3.05) is 43.9 Å². The van der Waals surface area contributed by atoms with E-state index in [9.17, 15) is 4.79 Å². The number of nitrogens with one attached hydrogen (secondary N) is 1. The highest BCUT2D eigenvalue weighted by Crippen LogP contribution is 2.12. The zero-order chi connectivity index (χ0) is 13.7. The van der Waals surface area contributed by atoms with Gasteiger partial charge in [0.2, 0.25) is 5.91 Å². The van der Waals surface area contributed by atoms with Crippen LogP contribution in [0.15, 0.2) is 12.4 Å². The van der Waals surface area contributed by atoms with Crippen LogP contribution in [0.1, 0.15) is 19.3 Å². The van der Waals surface area contributed by atoms with Crippen molar-refractivity contribution >= 4 is 17.5 Å². The van der Waals surface area contributed by atoms with Gasteiger partial charge in [-0.25, -0.2) is 9.97 Å². The molecule has 104 valence electrons. The molecule has 0 spiro atoms. The van der Waals surface area contributed by atoms with E-state index in [1.807, 2.05) is 30.0 Å². The smallest absolute Gasteiger partial charge is 0.222 e. The monoisotopic (exact) mass is 263 g/mol. The molecule has 2 rings (SSSR count). The molecule has 1 saturated heterocycles. The van der Waals surface area contributed by atoms with Crippen LogP contribution in [-0.4, -0.2) is 54.5 Å². The molecule has 1 aliphatic rings. The zero-order valence-electron chi connectivity index (χ0n) is 11.6. The van der Waals surface area contributed by atoms with Crippen molar-refractivity contribution in [1.29, 1.82) is 0 Å². The summed E-state index contributed by atoms with van der Waals surface area (Å²) in [6.45, 7) is 2.56. The molecule has 0 atom stereocenters. The third-order valence-corrected chi connectivity index (χ3v) is 3.19. The highest BCUT2D eigenvalue weighted by molar-refractivity contribution is 5.78. The quantitative estimate of drug-likeness (QED) is 0.775. The van der Waals surface area contributed by atoms with E-state index in [-0.39, 0.29) is 5.91 Å². The fourth-order valence-electron chi connectivity index (χ4n) is 2.12. The van der Waals surface area contributed by atoms with Crippen molar-refractivity contribution in [3.8, 4) is 0 Å². The van der Waals surface area contributed by atoms with Gasteiger partial charge in [-0.15, -0.1) is 0 Å². The van der Waals surface area contributed by atoms with Gasteiger partial charge in [-0.2, -0.15) is 0 Å². The maximum Gasteiger partial charge on any atom is 0.222 e. The van der Waals surface area contributed by atoms with Gasteiger partial charge in [0.1, 0.15) is 18.0 Å². The molecule has 1 aromatic rings. The average molecular weight is 263 g/mol. The molecule has 0 unspecified atom stereocenters. The minimum absolute atomic E-state index is 0.289. The van der Waals surface area contributed by atoms with Gasteiger partial charge < -0.3 is 15.1 Å². The summed E-state index contributed by atoms with van der Waals surface area (Å²) in [6, 6.07) is 1.92. The van der Waals surface area contributed by atoms with E-state index >= 15 is 0 Å². The molecule has 0 bridgehead atoms. The lowest BCUT2D eigenvalue weighted by atomic mass is 10.3. The first-order valence-electron chi connectivity index (χ1n) is 6.68. The number of likely N-dealkylation sites (tertiary alicyclic amines) is 1. The van der Waals surface area contributed by atoms with Gasteiger partial charge in [-0.05, 0) is 12.8 Å². The third-order valence-electron chi connectivity index (χ3n) is 3.19. The molecule has 1 aromatic heterocycles. The number of anilines is 2. The molecule has 1 fully saturated rings. The van der Waals surface area contributed by atoms with E-state index in [4.69, 9.17) is 0 Å². The number of hydrogen-bond donors (Lipinski definition) is 1. The lowest BCUT2D eigenvalue weighted by molar-refractivity contribution is -0.127. The molecule has 1 aliphatic heterocycles. The van der Waals surface area contributed by atoms with Crippen molar-refractivity contribution in [3.63, 3.8) is 0 Å². The fourth-order valence-corrected chi connectivity index (χ4v) is 2.12. The molecular formula is C13H21N5O. The second-order valence-corrected chi connectivity index (χ2v) is 4.92. The van der Waals surface area contributed by atoms with Crippen molar-refractivity contribution < 1.29 is 4.79 Å². The number of rotatable bonds is 6. The van der Waals surface area contributed by atoms with E-state index in [2.05, 4.69) is 15.3 Å². The maximum absolute atomic E-state index is 11.4. The molecule has 6 nitrogen and oxygen atoms in total. The normalized spacial score (nSPS) is 14.8. The summed E-state index contributed by atoms with van der Waals surface area (Å²) in [5.41, 5.74) is 0. The average Bonchev–Trinajstić information content (AvgIpc) is 2.81. The standard InChI is InChI=1S/C13H21N5O/c1-17(2)12-9-11(15-10-16-12)14-6-4-8-18-7-3-5-13(18)19/h9-10H,3-8H2,1-2H3,(H,14,15,16). The molecule has 0 saturated carbocycles. The number of hydrogen-bond acceptors (Lipinski definition) is 5. The Kier molecular flexibility index (Phi) is 4.54. The lowest BCUT2D eigenvalue weighted by Crippen LogP contribution is -2.27. The Morgan fingerprint density at radius 2 is 2.26 bits per heavy atom. The van der Waals surface area contributed by atoms with Crippen LogP contribution in [0.5, 0.6) is 0 Å². The number of aromatic nitrogens is 2. The highest BCUT2D eigenvalue weighted by atomic mass is 16.2. The Labute approximate surface area is 113 Å². The number of nitrogens with zero attached hydrogens (tertiary/aromatic N) is 4. The van der Waals surface area contributed by atoms with Gasteiger partial charge in [-0.1, -0.05) is 0 Å². The van der Waals surface area contributed by atoms with Gasteiger partial charge in [0.25, 0.3) is 0 Å². The van der Waals surface area contributed by atoms with Crippen LogP contribution in [0.2, 0.25) is 0 Å². The largest absolute Gasteiger partial charge is 0.370 e. The molecule has 0 radical (unpaired) electrons. The predicted molar refractivity (Wildman–Crippen MR) is 75.3 cm³/mol. The summed E-state index contributed by atoms with van der Waals surface area (Å²) in [5, 5.41) is 3.26. The Morgan fingerprint density at radius 3 is 2.95 bits per heavy atom. The van der Waals surface area contributed by atoms with Gasteiger partial charge in [-0.3, -0.25) is 4.79 Å². The highest BCUT2D eigenvalue weighted by Gasteiger charge is 2.18. The Morgan fingerprint density at radius 1 is 1.42 bits per heavy atom. The molecule has 0 aromatic carbocycles. The van der Waals surface area contributed by atoms with Gasteiger partial charge in [0, 0.05) is 46.2 Å². The van der Waals surface area contributed by atoms with E-state index in [0.717, 1.165) is 44.1 Å². The minimum Gasteiger partial charge on any atom is -0.370 e. The Hall–Kier alpha value is -1.85. The minimum atomic E-state index is 0.289. The van der Waals surface area contributed by atoms with E-state index in [1.165, 1.54) is 0 Å². The summed E-state index contributed by atoms with van der Waals surface area (Å²) < 4.78 is 0. The van der Waals surface area contributed by atoms with Crippen molar-refractivity contribution in [1.82, 2.24) is 14.9 Å². The molecule has 19 heavy (non-hydrogen) atoms. The maximum atomic E-state index is 11.4. The van der Waals surface area contributed by atoms with Crippen LogP contribution >= 0.6 is 0 Å². The molecular weight excluding hydrogens is 242 g/mol. The van der Waals surface area contributed by atoms with Crippen LogP contribution in [-0.2, 0) is 4.79 Å². The lowest BCUT2D eigenvalue weighted by Gasteiger charge is -2.16. The number of carbonyl (C=O) groups excluding carboxylic acids is 1. The first-order chi connectivity index (χ1) is 9.16. The van der Waals surface area contributed by atoms with E-state index < -0.39 is 0 Å². The zero-order valence-corrected chi connectivity index (χ0v) is 11.6. The van der Waals surface area contributed by atoms with Crippen LogP contribution in [0.25, 0.3) is 0 Å². The third kappa shape index (κ3) is 3.81. The molecule has 1 N–H and O–H groups in total. The second kappa shape index (κ2) is 6.36. The summed E-state index contributed by atoms with van der Waals surface area (Å²) >= 11 is 0. The summed E-state index contributed by atoms with van der Waals surface area (Å²) in [5.74, 6) is 2.00. The van der Waals surface area contributed by atoms with Crippen LogP contribution in [0.4, 0.5) is 11.6 Å². The predicted octanol–water partition coefficient (Wildman–Crippen LogP) is 0.967. The second-order valence-electron chi connectivity index (χ2n) is 4.92. The van der Waals surface area contributed by atoms with Gasteiger partial charge in [0.15, 0.2) is 0 Å². The fraction of sp³-hybridized carbons (Fsp3) is 0.615. The SMILES string of the molecule is CN(C)c1cc(NCCCN2CCCC2=O)ncn1. The molecule has 0 aliphatic carbocycles. The number of carbonyl (C=O) groups is 1. The summed E-state index contributed by atoms with van der Waals surface area (Å²) in [7, 11) is 3.90. The molecule has 6 heteroatoms. The Bertz CT molecular complexity index is 435. The van der Waals surface area contributed by atoms with Crippen molar-refractivity contribution in [3.05, 3.63) is 12.4 Å². The first kappa shape index (κ1) is 13.6.